The minimum absolute atomic E-state index is 0.0975. The van der Waals surface area contributed by atoms with Gasteiger partial charge in [-0.15, -0.1) is 0 Å². The lowest BCUT2D eigenvalue weighted by molar-refractivity contribution is -0.123. The van der Waals surface area contributed by atoms with E-state index in [0.717, 1.165) is 39.4 Å². The fourth-order valence-corrected chi connectivity index (χ4v) is 5.81. The minimum Gasteiger partial charge on any atom is -0.490 e. The van der Waals surface area contributed by atoms with Gasteiger partial charge in [0.1, 0.15) is 22.4 Å². The first kappa shape index (κ1) is 25.7. The van der Waals surface area contributed by atoms with E-state index in [4.69, 9.17) is 22.1 Å². The van der Waals surface area contributed by atoms with Crippen molar-refractivity contribution in [1.82, 2.24) is 14.7 Å². The normalized spacial score (nSPS) is 15.2. The minimum atomic E-state index is -0.161. The zero-order chi connectivity index (χ0) is 26.6. The van der Waals surface area contributed by atoms with Gasteiger partial charge in [-0.05, 0) is 61.4 Å². The number of hydrogen-bond donors (Lipinski definition) is 0. The Kier molecular flexibility index (Phi) is 7.58. The first-order chi connectivity index (χ1) is 18.5. The molecule has 0 unspecified atom stereocenters. The molecule has 190 valence electrons. The average molecular weight is 538 g/mol. The van der Waals surface area contributed by atoms with E-state index >= 15 is 0 Å². The highest BCUT2D eigenvalue weighted by molar-refractivity contribution is 8.26. The van der Waals surface area contributed by atoms with Gasteiger partial charge < -0.3 is 4.74 Å². The van der Waals surface area contributed by atoms with Crippen LogP contribution in [-0.4, -0.2) is 31.5 Å². The third-order valence-corrected chi connectivity index (χ3v) is 7.69. The Bertz CT molecular complexity index is 1530. The number of carbonyl (C=O) groups excluding carboxylic acids is 1. The fraction of sp³-hybridized carbons (Fsp3) is 0.129. The van der Waals surface area contributed by atoms with Crippen molar-refractivity contribution in [3.05, 3.63) is 119 Å². The summed E-state index contributed by atoms with van der Waals surface area (Å²) in [6.07, 6.45) is 5.58. The zero-order valence-corrected chi connectivity index (χ0v) is 22.8. The van der Waals surface area contributed by atoms with Crippen molar-refractivity contribution in [2.45, 2.75) is 19.9 Å². The molecule has 5 nitrogen and oxygen atoms in total. The van der Waals surface area contributed by atoms with E-state index in [1.165, 1.54) is 11.8 Å². The van der Waals surface area contributed by atoms with Gasteiger partial charge in [0.2, 0.25) is 0 Å². The average Bonchev–Trinajstić information content (AvgIpc) is 3.48. The number of ether oxygens (including phenoxy) is 1. The number of carbonyl (C=O) groups is 1. The Morgan fingerprint density at radius 1 is 1.08 bits per heavy atom. The highest BCUT2D eigenvalue weighted by Gasteiger charge is 2.36. The van der Waals surface area contributed by atoms with Crippen molar-refractivity contribution in [2.75, 3.05) is 6.61 Å². The summed E-state index contributed by atoms with van der Waals surface area (Å²) in [5.74, 6) is 0.672. The van der Waals surface area contributed by atoms with E-state index in [1.807, 2.05) is 110 Å². The van der Waals surface area contributed by atoms with Crippen molar-refractivity contribution in [1.29, 1.82) is 0 Å². The molecule has 0 saturated carbocycles. The van der Waals surface area contributed by atoms with Crippen LogP contribution < -0.4 is 4.74 Å². The van der Waals surface area contributed by atoms with E-state index in [9.17, 15) is 4.79 Å². The first-order valence-electron chi connectivity index (χ1n) is 12.3. The summed E-state index contributed by atoms with van der Waals surface area (Å²) in [6.45, 7) is 8.19. The molecule has 7 heteroatoms. The maximum absolute atomic E-state index is 13.6. The molecule has 4 aromatic rings. The van der Waals surface area contributed by atoms with Crippen LogP contribution in [0.4, 0.5) is 0 Å². The van der Waals surface area contributed by atoms with Gasteiger partial charge in [0, 0.05) is 17.3 Å². The summed E-state index contributed by atoms with van der Waals surface area (Å²) in [5, 5.41) is 4.94. The summed E-state index contributed by atoms with van der Waals surface area (Å²) in [6, 6.07) is 25.6. The molecule has 2 heterocycles. The summed E-state index contributed by atoms with van der Waals surface area (Å²) in [7, 11) is 0. The fourth-order valence-electron chi connectivity index (χ4n) is 4.40. The van der Waals surface area contributed by atoms with Crippen molar-refractivity contribution < 1.29 is 9.53 Å². The number of thiocarbonyl (C=S) groups is 1. The molecule has 0 N–H and O–H groups in total. The summed E-state index contributed by atoms with van der Waals surface area (Å²) < 4.78 is 8.11. The summed E-state index contributed by atoms with van der Waals surface area (Å²) in [4.78, 5) is 15.8. The van der Waals surface area contributed by atoms with Crippen molar-refractivity contribution in [3.8, 4) is 22.7 Å². The molecule has 1 atom stereocenters. The zero-order valence-electron chi connectivity index (χ0n) is 21.2. The lowest BCUT2D eigenvalue weighted by Crippen LogP contribution is -2.30. The Labute approximate surface area is 232 Å². The largest absolute Gasteiger partial charge is 0.490 e. The van der Waals surface area contributed by atoms with Crippen molar-refractivity contribution >= 4 is 40.3 Å². The lowest BCUT2D eigenvalue weighted by atomic mass is 10.0. The quantitative estimate of drug-likeness (QED) is 0.133. The SMILES string of the molecule is C=CCOc1ccc(-c2nn(-c3ccccc3)cc2/C=C2\SC(=S)N([C@@H](C)c3ccccc3)C2=O)c(C)c1. The molecular weight excluding hydrogens is 510 g/mol. The number of aryl methyl sites for hydroxylation is 1. The van der Waals surface area contributed by atoms with E-state index < -0.39 is 0 Å². The number of rotatable bonds is 8. The lowest BCUT2D eigenvalue weighted by Gasteiger charge is -2.23. The summed E-state index contributed by atoms with van der Waals surface area (Å²) in [5.41, 5.74) is 5.57. The molecule has 1 aromatic heterocycles. The van der Waals surface area contributed by atoms with Crippen LogP contribution in [0.25, 0.3) is 23.0 Å². The number of benzene rings is 3. The van der Waals surface area contributed by atoms with Gasteiger partial charge in [-0.25, -0.2) is 4.68 Å². The van der Waals surface area contributed by atoms with Crippen LogP contribution in [0.1, 0.15) is 29.7 Å². The molecule has 3 aromatic carbocycles. The molecule has 1 fully saturated rings. The van der Waals surface area contributed by atoms with Crippen LogP contribution in [0.2, 0.25) is 0 Å². The molecule has 1 amide bonds. The summed E-state index contributed by atoms with van der Waals surface area (Å²) >= 11 is 6.98. The van der Waals surface area contributed by atoms with Gasteiger partial charge in [-0.1, -0.05) is 85.2 Å². The Morgan fingerprint density at radius 3 is 2.47 bits per heavy atom. The van der Waals surface area contributed by atoms with Crippen molar-refractivity contribution in [2.24, 2.45) is 0 Å². The predicted molar refractivity (Wildman–Crippen MR) is 159 cm³/mol. The Hall–Kier alpha value is -3.94. The van der Waals surface area contributed by atoms with Crippen LogP contribution >= 0.6 is 24.0 Å². The molecule has 0 aliphatic carbocycles. The second-order valence-corrected chi connectivity index (χ2v) is 10.6. The first-order valence-corrected chi connectivity index (χ1v) is 13.5. The Morgan fingerprint density at radius 2 is 1.79 bits per heavy atom. The smallest absolute Gasteiger partial charge is 0.266 e. The Balaban J connectivity index is 1.55. The van der Waals surface area contributed by atoms with E-state index in [0.29, 0.717) is 15.8 Å². The van der Waals surface area contributed by atoms with Gasteiger partial charge in [-0.2, -0.15) is 5.10 Å². The van der Waals surface area contributed by atoms with Gasteiger partial charge in [0.05, 0.1) is 16.6 Å². The molecule has 1 aliphatic heterocycles. The van der Waals surface area contributed by atoms with Gasteiger partial charge >= 0.3 is 0 Å². The standard InChI is InChI=1S/C31H27N3O2S2/c1-4-17-36-26-15-16-27(21(2)18-26)29-24(20-33(32-29)25-13-9-6-10-14-25)19-28-30(35)34(31(37)38-28)22(3)23-11-7-5-8-12-23/h4-16,18-20,22H,1,17H2,2-3H3/b28-19-/t22-/m0/s1. The molecule has 1 aliphatic rings. The highest BCUT2D eigenvalue weighted by Crippen LogP contribution is 2.39. The predicted octanol–water partition coefficient (Wildman–Crippen LogP) is 7.37. The second-order valence-electron chi connectivity index (χ2n) is 8.93. The molecule has 0 radical (unpaired) electrons. The molecule has 38 heavy (non-hydrogen) atoms. The number of nitrogens with zero attached hydrogens (tertiary/aromatic N) is 3. The third kappa shape index (κ3) is 5.21. The number of thioether (sulfide) groups is 1. The molecule has 0 spiro atoms. The maximum atomic E-state index is 13.6. The number of hydrogen-bond acceptors (Lipinski definition) is 5. The van der Waals surface area contributed by atoms with Crippen LogP contribution in [0.5, 0.6) is 5.75 Å². The van der Waals surface area contributed by atoms with Gasteiger partial charge in [0.15, 0.2) is 0 Å². The van der Waals surface area contributed by atoms with Crippen LogP contribution in [0, 0.1) is 6.92 Å². The van der Waals surface area contributed by atoms with E-state index in [2.05, 4.69) is 6.58 Å². The molecule has 5 rings (SSSR count). The van der Waals surface area contributed by atoms with Gasteiger partial charge in [0.25, 0.3) is 5.91 Å². The van der Waals surface area contributed by atoms with E-state index in [1.54, 1.807) is 11.0 Å². The number of amides is 1. The highest BCUT2D eigenvalue weighted by atomic mass is 32.2. The van der Waals surface area contributed by atoms with Crippen LogP contribution in [-0.2, 0) is 4.79 Å². The van der Waals surface area contributed by atoms with Gasteiger partial charge in [-0.3, -0.25) is 9.69 Å². The van der Waals surface area contributed by atoms with Crippen LogP contribution in [0.3, 0.4) is 0 Å². The monoisotopic (exact) mass is 537 g/mol. The maximum Gasteiger partial charge on any atom is 0.266 e. The molecule has 0 bridgehead atoms. The topological polar surface area (TPSA) is 47.4 Å². The van der Waals surface area contributed by atoms with Crippen LogP contribution in [0.15, 0.2) is 103 Å². The van der Waals surface area contributed by atoms with E-state index in [-0.39, 0.29) is 11.9 Å². The number of aromatic nitrogens is 2. The number of para-hydroxylation sites is 1. The molecular formula is C31H27N3O2S2. The van der Waals surface area contributed by atoms with Crippen molar-refractivity contribution in [3.63, 3.8) is 0 Å². The third-order valence-electron chi connectivity index (χ3n) is 6.36. The molecule has 1 saturated heterocycles. The second kappa shape index (κ2) is 11.2.